The van der Waals surface area contributed by atoms with Crippen molar-refractivity contribution in [2.45, 2.75) is 25.9 Å². The zero-order valence-corrected chi connectivity index (χ0v) is 14.6. The molecule has 2 aliphatic heterocycles. The molecule has 1 atom stereocenters. The Balaban J connectivity index is 1.55. The minimum absolute atomic E-state index is 0.299. The maximum atomic E-state index is 13.8. The van der Waals surface area contributed by atoms with Crippen LogP contribution in [0.25, 0.3) is 0 Å². The molecular formula is C18H27F2N3O. The first kappa shape index (κ1) is 17.6. The van der Waals surface area contributed by atoms with E-state index in [4.69, 9.17) is 4.74 Å². The molecule has 0 amide bonds. The molecule has 0 saturated carbocycles. The third kappa shape index (κ3) is 3.87. The number of rotatable bonds is 5. The van der Waals surface area contributed by atoms with Gasteiger partial charge in [-0.1, -0.05) is 6.92 Å². The SMILES string of the molecule is CCN1CCN([C@@H]2CCN(Cc3cc(F)c(OC)c(F)c3)C2)CC1. The van der Waals surface area contributed by atoms with Crippen molar-refractivity contribution in [3.63, 3.8) is 0 Å². The van der Waals surface area contributed by atoms with Crippen LogP contribution in [0.2, 0.25) is 0 Å². The Morgan fingerprint density at radius 3 is 2.29 bits per heavy atom. The second-order valence-corrected chi connectivity index (χ2v) is 6.74. The molecule has 0 aliphatic carbocycles. The van der Waals surface area contributed by atoms with Crippen LogP contribution >= 0.6 is 0 Å². The summed E-state index contributed by atoms with van der Waals surface area (Å²) in [5.41, 5.74) is 0.669. The van der Waals surface area contributed by atoms with Gasteiger partial charge in [0.25, 0.3) is 0 Å². The molecule has 1 aromatic carbocycles. The lowest BCUT2D eigenvalue weighted by Crippen LogP contribution is -2.50. The molecule has 134 valence electrons. The Morgan fingerprint density at radius 2 is 1.71 bits per heavy atom. The maximum Gasteiger partial charge on any atom is 0.190 e. The number of hydrogen-bond donors (Lipinski definition) is 0. The third-order valence-corrected chi connectivity index (χ3v) is 5.29. The van der Waals surface area contributed by atoms with Gasteiger partial charge in [-0.3, -0.25) is 9.80 Å². The van der Waals surface area contributed by atoms with Gasteiger partial charge in [0.2, 0.25) is 0 Å². The summed E-state index contributed by atoms with van der Waals surface area (Å²) in [5.74, 6) is -1.55. The number of nitrogens with zero attached hydrogens (tertiary/aromatic N) is 3. The van der Waals surface area contributed by atoms with E-state index in [9.17, 15) is 8.78 Å². The molecule has 2 saturated heterocycles. The van der Waals surface area contributed by atoms with E-state index in [0.717, 1.165) is 52.2 Å². The molecule has 0 bridgehead atoms. The summed E-state index contributed by atoms with van der Waals surface area (Å²) in [4.78, 5) is 7.34. The summed E-state index contributed by atoms with van der Waals surface area (Å²) in [6.45, 7) is 10.4. The number of ether oxygens (including phenoxy) is 1. The number of piperazine rings is 1. The third-order valence-electron chi connectivity index (χ3n) is 5.29. The Hall–Kier alpha value is -1.24. The molecule has 6 heteroatoms. The number of benzene rings is 1. The van der Waals surface area contributed by atoms with Crippen molar-refractivity contribution in [2.24, 2.45) is 0 Å². The van der Waals surface area contributed by atoms with Crippen molar-refractivity contribution < 1.29 is 13.5 Å². The summed E-state index contributed by atoms with van der Waals surface area (Å²) in [6.07, 6.45) is 1.13. The first-order valence-electron chi connectivity index (χ1n) is 8.81. The average Bonchev–Trinajstić information content (AvgIpc) is 3.03. The van der Waals surface area contributed by atoms with E-state index >= 15 is 0 Å². The van der Waals surface area contributed by atoms with E-state index in [1.165, 1.54) is 19.2 Å². The molecule has 0 aromatic heterocycles. The van der Waals surface area contributed by atoms with Gasteiger partial charge in [0.1, 0.15) is 0 Å². The average molecular weight is 339 g/mol. The van der Waals surface area contributed by atoms with Crippen LogP contribution in [0.3, 0.4) is 0 Å². The van der Waals surface area contributed by atoms with Crippen molar-refractivity contribution in [3.05, 3.63) is 29.3 Å². The van der Waals surface area contributed by atoms with Crippen molar-refractivity contribution in [1.29, 1.82) is 0 Å². The molecule has 4 nitrogen and oxygen atoms in total. The van der Waals surface area contributed by atoms with Gasteiger partial charge in [-0.15, -0.1) is 0 Å². The van der Waals surface area contributed by atoms with Crippen LogP contribution < -0.4 is 4.74 Å². The van der Waals surface area contributed by atoms with E-state index in [1.54, 1.807) is 0 Å². The van der Waals surface area contributed by atoms with Gasteiger partial charge in [0.05, 0.1) is 7.11 Å². The van der Waals surface area contributed by atoms with Gasteiger partial charge in [-0.25, -0.2) is 8.78 Å². The van der Waals surface area contributed by atoms with Crippen LogP contribution in [-0.2, 0) is 6.54 Å². The highest BCUT2D eigenvalue weighted by molar-refractivity contribution is 5.31. The van der Waals surface area contributed by atoms with E-state index in [2.05, 4.69) is 21.6 Å². The zero-order valence-electron chi connectivity index (χ0n) is 14.6. The van der Waals surface area contributed by atoms with Crippen LogP contribution in [0.5, 0.6) is 5.75 Å². The summed E-state index contributed by atoms with van der Waals surface area (Å²) in [6, 6.07) is 3.33. The van der Waals surface area contributed by atoms with Gasteiger partial charge in [0.15, 0.2) is 17.4 Å². The molecule has 0 spiro atoms. The van der Waals surface area contributed by atoms with Crippen LogP contribution in [0.15, 0.2) is 12.1 Å². The predicted molar refractivity (Wildman–Crippen MR) is 90.3 cm³/mol. The maximum absolute atomic E-state index is 13.8. The molecule has 2 heterocycles. The fraction of sp³-hybridized carbons (Fsp3) is 0.667. The molecule has 0 N–H and O–H groups in total. The number of halogens is 2. The zero-order chi connectivity index (χ0) is 17.1. The number of likely N-dealkylation sites (N-methyl/N-ethyl adjacent to an activating group) is 1. The smallest absolute Gasteiger partial charge is 0.190 e. The second-order valence-electron chi connectivity index (χ2n) is 6.74. The van der Waals surface area contributed by atoms with Crippen LogP contribution in [-0.4, -0.2) is 73.7 Å². The fourth-order valence-electron chi connectivity index (χ4n) is 3.86. The van der Waals surface area contributed by atoms with Crippen LogP contribution in [0, 0.1) is 11.6 Å². The van der Waals surface area contributed by atoms with Crippen molar-refractivity contribution in [1.82, 2.24) is 14.7 Å². The predicted octanol–water partition coefficient (Wildman–Crippen LogP) is 2.19. The van der Waals surface area contributed by atoms with Gasteiger partial charge < -0.3 is 9.64 Å². The Labute approximate surface area is 143 Å². The van der Waals surface area contributed by atoms with Gasteiger partial charge in [-0.05, 0) is 30.7 Å². The van der Waals surface area contributed by atoms with E-state index in [1.807, 2.05) is 0 Å². The second kappa shape index (κ2) is 7.76. The fourth-order valence-corrected chi connectivity index (χ4v) is 3.86. The minimum Gasteiger partial charge on any atom is -0.491 e. The lowest BCUT2D eigenvalue weighted by molar-refractivity contribution is 0.101. The Morgan fingerprint density at radius 1 is 1.04 bits per heavy atom. The molecule has 3 rings (SSSR count). The highest BCUT2D eigenvalue weighted by Crippen LogP contribution is 2.25. The first-order chi connectivity index (χ1) is 11.6. The van der Waals surface area contributed by atoms with Crippen molar-refractivity contribution in [2.75, 3.05) is 52.9 Å². The van der Waals surface area contributed by atoms with Crippen LogP contribution in [0.1, 0.15) is 18.9 Å². The highest BCUT2D eigenvalue weighted by Gasteiger charge is 2.29. The topological polar surface area (TPSA) is 19.0 Å². The lowest BCUT2D eigenvalue weighted by atomic mass is 10.2. The number of likely N-dealkylation sites (tertiary alicyclic amines) is 1. The lowest BCUT2D eigenvalue weighted by Gasteiger charge is -2.37. The Kier molecular flexibility index (Phi) is 5.69. The van der Waals surface area contributed by atoms with Gasteiger partial charge in [-0.2, -0.15) is 0 Å². The monoisotopic (exact) mass is 339 g/mol. The van der Waals surface area contributed by atoms with Crippen LogP contribution in [0.4, 0.5) is 8.78 Å². The van der Waals surface area contributed by atoms with Gasteiger partial charge in [0, 0.05) is 51.9 Å². The quantitative estimate of drug-likeness (QED) is 0.818. The minimum atomic E-state index is -0.626. The normalized spacial score (nSPS) is 23.8. The molecule has 0 radical (unpaired) electrons. The van der Waals surface area contributed by atoms with Crippen molar-refractivity contribution >= 4 is 0 Å². The molecular weight excluding hydrogens is 312 g/mol. The standard InChI is InChI=1S/C18H27F2N3O/c1-3-21-6-8-23(9-7-21)15-4-5-22(13-15)12-14-10-16(19)18(24-2)17(20)11-14/h10-11,15H,3-9,12-13H2,1-2H3/t15-/m1/s1. The summed E-state index contributed by atoms with van der Waals surface area (Å²) in [7, 11) is 1.28. The summed E-state index contributed by atoms with van der Waals surface area (Å²) >= 11 is 0. The van der Waals surface area contributed by atoms with Crippen molar-refractivity contribution in [3.8, 4) is 5.75 Å². The largest absolute Gasteiger partial charge is 0.491 e. The molecule has 2 aliphatic rings. The molecule has 24 heavy (non-hydrogen) atoms. The molecule has 2 fully saturated rings. The number of hydrogen-bond acceptors (Lipinski definition) is 4. The van der Waals surface area contributed by atoms with E-state index in [-0.39, 0.29) is 5.75 Å². The van der Waals surface area contributed by atoms with E-state index in [0.29, 0.717) is 18.2 Å². The number of methoxy groups -OCH3 is 1. The summed E-state index contributed by atoms with van der Waals surface area (Å²) < 4.78 is 32.4. The first-order valence-corrected chi connectivity index (χ1v) is 8.81. The van der Waals surface area contributed by atoms with E-state index < -0.39 is 11.6 Å². The summed E-state index contributed by atoms with van der Waals surface area (Å²) in [5, 5.41) is 0. The van der Waals surface area contributed by atoms with Gasteiger partial charge >= 0.3 is 0 Å². The highest BCUT2D eigenvalue weighted by atomic mass is 19.1. The molecule has 0 unspecified atom stereocenters. The Bertz CT molecular complexity index is 538. The molecule has 1 aromatic rings.